The molecule has 1 aromatic carbocycles. The van der Waals surface area contributed by atoms with E-state index in [9.17, 15) is 10.1 Å². The van der Waals surface area contributed by atoms with Gasteiger partial charge >= 0.3 is 0 Å². The summed E-state index contributed by atoms with van der Waals surface area (Å²) in [5.74, 6) is 0. The van der Waals surface area contributed by atoms with Crippen LogP contribution in [0.4, 0.5) is 0 Å². The van der Waals surface area contributed by atoms with E-state index in [4.69, 9.17) is 9.47 Å². The summed E-state index contributed by atoms with van der Waals surface area (Å²) >= 11 is 0. The summed E-state index contributed by atoms with van der Waals surface area (Å²) in [6.45, 7) is 5.01. The van der Waals surface area contributed by atoms with Crippen LogP contribution in [0.15, 0.2) is 35.5 Å². The molecule has 118 valence electrons. The van der Waals surface area contributed by atoms with Crippen LogP contribution < -0.4 is 4.43 Å². The van der Waals surface area contributed by atoms with E-state index in [0.29, 0.717) is 33.4 Å². The number of nitrogens with zero attached hydrogens (tertiary/aromatic N) is 3. The van der Waals surface area contributed by atoms with Gasteiger partial charge in [0.25, 0.3) is 11.7 Å². The van der Waals surface area contributed by atoms with E-state index in [0.717, 1.165) is 0 Å². The van der Waals surface area contributed by atoms with Crippen LogP contribution in [0.25, 0.3) is 11.0 Å². The van der Waals surface area contributed by atoms with E-state index < -0.39 is 6.29 Å². The SMILES string of the molecule is CCOC(CN=Cc1c[n+](=O)c2ccccc2n1[O-])OCC. The molecule has 2 aromatic rings. The van der Waals surface area contributed by atoms with Crippen LogP contribution in [0.3, 0.4) is 0 Å². The fourth-order valence-corrected chi connectivity index (χ4v) is 2.05. The van der Waals surface area contributed by atoms with Gasteiger partial charge in [0.05, 0.1) is 17.2 Å². The van der Waals surface area contributed by atoms with Crippen molar-refractivity contribution in [2.24, 2.45) is 4.99 Å². The predicted molar refractivity (Wildman–Crippen MR) is 83.6 cm³/mol. The molecule has 0 aliphatic heterocycles. The maximum Gasteiger partial charge on any atom is 0.286 e. The first-order chi connectivity index (χ1) is 10.7. The lowest BCUT2D eigenvalue weighted by Gasteiger charge is -2.15. The Morgan fingerprint density at radius 3 is 2.68 bits per heavy atom. The highest BCUT2D eigenvalue weighted by Crippen LogP contribution is 2.09. The number of hydrogen-bond donors (Lipinski definition) is 0. The Labute approximate surface area is 128 Å². The van der Waals surface area contributed by atoms with Gasteiger partial charge in [0.1, 0.15) is 11.2 Å². The lowest BCUT2D eigenvalue weighted by molar-refractivity contribution is -0.464. The molecule has 0 amide bonds. The van der Waals surface area contributed by atoms with Gasteiger partial charge in [-0.2, -0.15) is 0 Å². The van der Waals surface area contributed by atoms with Crippen molar-refractivity contribution in [3.05, 3.63) is 46.3 Å². The molecule has 1 heterocycles. The molecular weight excluding hydrogens is 286 g/mol. The number of aromatic nitrogens is 2. The summed E-state index contributed by atoms with van der Waals surface area (Å²) < 4.78 is 12.1. The van der Waals surface area contributed by atoms with Gasteiger partial charge in [-0.05, 0) is 19.9 Å². The number of hydrogen-bond acceptors (Lipinski definition) is 5. The first kappa shape index (κ1) is 16.1. The zero-order chi connectivity index (χ0) is 15.9. The van der Waals surface area contributed by atoms with Gasteiger partial charge in [-0.3, -0.25) is 4.99 Å². The first-order valence-corrected chi connectivity index (χ1v) is 7.14. The Morgan fingerprint density at radius 1 is 1.32 bits per heavy atom. The maximum atomic E-state index is 12.2. The maximum absolute atomic E-state index is 12.2. The van der Waals surface area contributed by atoms with E-state index in [2.05, 4.69) is 4.99 Å². The Bertz CT molecular complexity index is 705. The summed E-state index contributed by atoms with van der Waals surface area (Å²) in [4.78, 5) is 16.0. The average molecular weight is 305 g/mol. The van der Waals surface area contributed by atoms with E-state index >= 15 is 0 Å². The van der Waals surface area contributed by atoms with Crippen LogP contribution in [-0.2, 0) is 9.47 Å². The normalized spacial score (nSPS) is 11.8. The molecule has 0 atom stereocenters. The van der Waals surface area contributed by atoms with Crippen molar-refractivity contribution >= 4 is 17.2 Å². The molecule has 0 saturated carbocycles. The van der Waals surface area contributed by atoms with Crippen LogP contribution in [-0.4, -0.2) is 37.0 Å². The highest BCUT2D eigenvalue weighted by Gasteiger charge is 2.10. The molecular formula is C15H19N3O4. The van der Waals surface area contributed by atoms with E-state index in [1.165, 1.54) is 12.4 Å². The fraction of sp³-hybridized carbons (Fsp3) is 0.400. The molecule has 2 rings (SSSR count). The third-order valence-electron chi connectivity index (χ3n) is 3.01. The van der Waals surface area contributed by atoms with Crippen molar-refractivity contribution in [3.63, 3.8) is 0 Å². The Morgan fingerprint density at radius 2 is 2.00 bits per heavy atom. The van der Waals surface area contributed by atoms with Gasteiger partial charge in [-0.1, -0.05) is 12.1 Å². The van der Waals surface area contributed by atoms with Crippen LogP contribution in [0.5, 0.6) is 0 Å². The molecule has 22 heavy (non-hydrogen) atoms. The van der Waals surface area contributed by atoms with Crippen molar-refractivity contribution in [2.75, 3.05) is 19.8 Å². The smallest absolute Gasteiger partial charge is 0.286 e. The predicted octanol–water partition coefficient (Wildman–Crippen LogP) is 1.72. The zero-order valence-corrected chi connectivity index (χ0v) is 12.6. The van der Waals surface area contributed by atoms with Gasteiger partial charge in [0.15, 0.2) is 6.29 Å². The first-order valence-electron chi connectivity index (χ1n) is 7.14. The molecule has 0 radical (unpaired) electrons. The minimum absolute atomic E-state index is 0.167. The second-order valence-corrected chi connectivity index (χ2v) is 4.50. The minimum atomic E-state index is -0.453. The summed E-state index contributed by atoms with van der Waals surface area (Å²) in [6, 6.07) is 6.60. The second-order valence-electron chi connectivity index (χ2n) is 4.50. The van der Waals surface area contributed by atoms with Crippen molar-refractivity contribution in [2.45, 2.75) is 20.1 Å². The molecule has 7 nitrogen and oxygen atoms in total. The fourth-order valence-electron chi connectivity index (χ4n) is 2.05. The van der Waals surface area contributed by atoms with Crippen LogP contribution in [0, 0.1) is 10.1 Å². The molecule has 0 spiro atoms. The quantitative estimate of drug-likeness (QED) is 0.443. The number of benzene rings is 1. The van der Waals surface area contributed by atoms with E-state index in [1.54, 1.807) is 24.3 Å². The Balaban J connectivity index is 2.22. The number of rotatable bonds is 7. The monoisotopic (exact) mass is 305 g/mol. The molecule has 1 aromatic heterocycles. The number of para-hydroxylation sites is 2. The third-order valence-corrected chi connectivity index (χ3v) is 3.01. The third kappa shape index (κ3) is 3.69. The van der Waals surface area contributed by atoms with Gasteiger partial charge in [-0.15, -0.1) is 0 Å². The number of ether oxygens (including phenoxy) is 2. The van der Waals surface area contributed by atoms with E-state index in [-0.39, 0.29) is 12.2 Å². The standard InChI is InChI=1S/C15H19N3O4/c1-3-21-15(22-4-2)10-16-9-12-11-17(19)13-7-5-6-8-14(13)18(12)20/h5-9,11,15H,3-4,10H2,1-2H3. The van der Waals surface area contributed by atoms with Crippen molar-refractivity contribution in [3.8, 4) is 0 Å². The van der Waals surface area contributed by atoms with Crippen molar-refractivity contribution < 1.29 is 13.9 Å². The lowest BCUT2D eigenvalue weighted by atomic mass is 10.3. The van der Waals surface area contributed by atoms with Crippen LogP contribution >= 0.6 is 0 Å². The Hall–Kier alpha value is -2.25. The molecule has 7 heteroatoms. The molecule has 0 fully saturated rings. The highest BCUT2D eigenvalue weighted by atomic mass is 16.7. The number of fused-ring (bicyclic) bond motifs is 1. The average Bonchev–Trinajstić information content (AvgIpc) is 2.52. The summed E-state index contributed by atoms with van der Waals surface area (Å²) in [7, 11) is 0. The Kier molecular flexibility index (Phi) is 5.62. The largest absolute Gasteiger partial charge is 0.805 e. The molecule has 0 aliphatic carbocycles. The van der Waals surface area contributed by atoms with Crippen molar-refractivity contribution in [1.29, 1.82) is 0 Å². The van der Waals surface area contributed by atoms with Gasteiger partial charge in [-0.25, -0.2) is 0 Å². The molecule has 0 aliphatic rings. The minimum Gasteiger partial charge on any atom is -0.805 e. The summed E-state index contributed by atoms with van der Waals surface area (Å²) in [6.07, 6.45) is 2.11. The highest BCUT2D eigenvalue weighted by molar-refractivity contribution is 5.81. The van der Waals surface area contributed by atoms with Gasteiger partial charge in [0.2, 0.25) is 0 Å². The van der Waals surface area contributed by atoms with E-state index in [1.807, 2.05) is 13.8 Å². The van der Waals surface area contributed by atoms with Crippen molar-refractivity contribution in [1.82, 2.24) is 4.73 Å². The second kappa shape index (κ2) is 7.67. The molecule has 0 unspecified atom stereocenters. The molecule has 0 saturated heterocycles. The molecule has 0 N–H and O–H groups in total. The summed E-state index contributed by atoms with van der Waals surface area (Å²) in [5, 5.41) is 12.2. The van der Waals surface area contributed by atoms with Crippen LogP contribution in [0.2, 0.25) is 0 Å². The zero-order valence-electron chi connectivity index (χ0n) is 12.6. The van der Waals surface area contributed by atoms with Crippen LogP contribution in [0.1, 0.15) is 19.5 Å². The lowest BCUT2D eigenvalue weighted by Crippen LogP contribution is -2.22. The molecule has 0 bridgehead atoms. The summed E-state index contributed by atoms with van der Waals surface area (Å²) in [5.41, 5.74) is 0.782. The topological polar surface area (TPSA) is 81.8 Å². The van der Waals surface area contributed by atoms with Gasteiger partial charge < -0.3 is 19.4 Å². The number of aliphatic imine (C=N–C) groups is 1. The van der Waals surface area contributed by atoms with Gasteiger partial charge in [0, 0.05) is 24.2 Å².